The largest absolute Gasteiger partial charge is 0.490 e. The Morgan fingerprint density at radius 3 is 2.43 bits per heavy atom. The van der Waals surface area contributed by atoms with Crippen LogP contribution in [0.2, 0.25) is 0 Å². The van der Waals surface area contributed by atoms with Crippen molar-refractivity contribution in [2.45, 2.75) is 26.4 Å². The highest BCUT2D eigenvalue weighted by Gasteiger charge is 2.17. The molecule has 0 bridgehead atoms. The number of carbonyl (C=O) groups excluding carboxylic acids is 3. The Kier molecular flexibility index (Phi) is 6.85. The molecule has 0 spiro atoms. The number of benzene rings is 2. The van der Waals surface area contributed by atoms with Crippen molar-refractivity contribution in [2.24, 2.45) is 0 Å². The predicted octanol–water partition coefficient (Wildman–Crippen LogP) is 3.63. The number of ether oxygens (including phenoxy) is 3. The molecule has 0 aromatic heterocycles. The smallest absolute Gasteiger partial charge is 0.331 e. The van der Waals surface area contributed by atoms with E-state index in [4.69, 9.17) is 14.2 Å². The first-order valence-corrected chi connectivity index (χ1v) is 9.62. The molecule has 7 nitrogen and oxygen atoms in total. The average molecular weight is 409 g/mol. The lowest BCUT2D eigenvalue weighted by Gasteiger charge is -2.12. The fourth-order valence-corrected chi connectivity index (χ4v) is 2.75. The highest BCUT2D eigenvalue weighted by molar-refractivity contribution is 5.98. The first kappa shape index (κ1) is 21.1. The Hall–Kier alpha value is -3.61. The second-order valence-corrected chi connectivity index (χ2v) is 6.79. The maximum Gasteiger partial charge on any atom is 0.331 e. The van der Waals surface area contributed by atoms with E-state index in [0.717, 1.165) is 12.0 Å². The number of fused-ring (bicyclic) bond motifs is 1. The lowest BCUT2D eigenvalue weighted by molar-refractivity contribution is -0.148. The van der Waals surface area contributed by atoms with Gasteiger partial charge in [-0.05, 0) is 61.9 Å². The van der Waals surface area contributed by atoms with Crippen LogP contribution in [0.4, 0.5) is 5.69 Å². The number of hydrogen-bond donors (Lipinski definition) is 1. The molecule has 1 atom stereocenters. The van der Waals surface area contributed by atoms with Crippen LogP contribution in [0.25, 0.3) is 6.08 Å². The van der Waals surface area contributed by atoms with Crippen LogP contribution in [0, 0.1) is 0 Å². The maximum atomic E-state index is 12.2. The minimum Gasteiger partial charge on any atom is -0.490 e. The summed E-state index contributed by atoms with van der Waals surface area (Å²) in [4.78, 5) is 35.6. The number of Topliss-reactive ketones (excluding diaryl/α,β-unsaturated/α-hetero) is 1. The minimum atomic E-state index is -0.988. The number of amides is 1. The quantitative estimate of drug-likeness (QED) is 0.445. The van der Waals surface area contributed by atoms with Gasteiger partial charge in [-0.25, -0.2) is 4.79 Å². The van der Waals surface area contributed by atoms with E-state index < -0.39 is 18.0 Å². The molecule has 1 aliphatic heterocycles. The first-order chi connectivity index (χ1) is 14.4. The van der Waals surface area contributed by atoms with Crippen molar-refractivity contribution in [3.05, 3.63) is 59.7 Å². The molecule has 3 rings (SSSR count). The predicted molar refractivity (Wildman–Crippen MR) is 112 cm³/mol. The van der Waals surface area contributed by atoms with Gasteiger partial charge in [-0.3, -0.25) is 9.59 Å². The van der Waals surface area contributed by atoms with E-state index in [-0.39, 0.29) is 5.78 Å². The molecule has 30 heavy (non-hydrogen) atoms. The van der Waals surface area contributed by atoms with Gasteiger partial charge < -0.3 is 19.5 Å². The van der Waals surface area contributed by atoms with Gasteiger partial charge in [0.1, 0.15) is 0 Å². The molecule has 0 radical (unpaired) electrons. The zero-order valence-corrected chi connectivity index (χ0v) is 16.8. The molecule has 2 aromatic carbocycles. The van der Waals surface area contributed by atoms with Crippen molar-refractivity contribution >= 4 is 29.4 Å². The lowest BCUT2D eigenvalue weighted by Crippen LogP contribution is -2.29. The van der Waals surface area contributed by atoms with E-state index in [0.29, 0.717) is 36.0 Å². The Morgan fingerprint density at radius 1 is 1.03 bits per heavy atom. The zero-order valence-electron chi connectivity index (χ0n) is 16.8. The van der Waals surface area contributed by atoms with Gasteiger partial charge in [0, 0.05) is 23.7 Å². The van der Waals surface area contributed by atoms with Gasteiger partial charge in [0.15, 0.2) is 23.4 Å². The third kappa shape index (κ3) is 5.70. The lowest BCUT2D eigenvalue weighted by atomic mass is 10.1. The van der Waals surface area contributed by atoms with Gasteiger partial charge >= 0.3 is 5.97 Å². The van der Waals surface area contributed by atoms with Crippen LogP contribution in [0.15, 0.2) is 48.5 Å². The van der Waals surface area contributed by atoms with Crippen molar-refractivity contribution in [1.82, 2.24) is 0 Å². The SMILES string of the molecule is CC(=O)c1ccc(NC(=O)[C@H](C)OC(=O)/C=C/c2ccc3c(c2)OCCCO3)cc1. The van der Waals surface area contributed by atoms with Gasteiger partial charge in [-0.1, -0.05) is 6.07 Å². The normalized spacial score (nSPS) is 13.9. The van der Waals surface area contributed by atoms with E-state index in [2.05, 4.69) is 5.32 Å². The first-order valence-electron chi connectivity index (χ1n) is 9.62. The number of rotatable bonds is 6. The minimum absolute atomic E-state index is 0.0597. The molecular formula is C23H23NO6. The molecule has 0 saturated carbocycles. The van der Waals surface area contributed by atoms with Crippen molar-refractivity contribution in [2.75, 3.05) is 18.5 Å². The van der Waals surface area contributed by atoms with E-state index in [1.165, 1.54) is 19.9 Å². The van der Waals surface area contributed by atoms with E-state index in [1.54, 1.807) is 48.5 Å². The van der Waals surface area contributed by atoms with Gasteiger partial charge in [0.2, 0.25) is 0 Å². The Labute approximate surface area is 174 Å². The number of carbonyl (C=O) groups is 3. The summed E-state index contributed by atoms with van der Waals surface area (Å²) in [6.07, 6.45) is 2.66. The summed E-state index contributed by atoms with van der Waals surface area (Å²) in [5.74, 6) is 0.135. The van der Waals surface area contributed by atoms with Gasteiger partial charge in [-0.15, -0.1) is 0 Å². The summed E-state index contributed by atoms with van der Waals surface area (Å²) < 4.78 is 16.3. The van der Waals surface area contributed by atoms with Crippen molar-refractivity contribution in [3.8, 4) is 11.5 Å². The molecule has 2 aromatic rings. The van der Waals surface area contributed by atoms with Gasteiger partial charge in [-0.2, -0.15) is 0 Å². The number of nitrogens with one attached hydrogen (secondary N) is 1. The average Bonchev–Trinajstić information content (AvgIpc) is 2.97. The van der Waals surface area contributed by atoms with E-state index in [1.807, 2.05) is 0 Å². The summed E-state index contributed by atoms with van der Waals surface area (Å²) in [6.45, 7) is 4.13. The molecule has 1 amide bonds. The zero-order chi connectivity index (χ0) is 21.5. The van der Waals surface area contributed by atoms with Crippen molar-refractivity contribution < 1.29 is 28.6 Å². The molecule has 0 saturated heterocycles. The molecule has 7 heteroatoms. The van der Waals surface area contributed by atoms with Crippen LogP contribution in [-0.4, -0.2) is 37.0 Å². The van der Waals surface area contributed by atoms with Crippen LogP contribution >= 0.6 is 0 Å². The second kappa shape index (κ2) is 9.73. The van der Waals surface area contributed by atoms with Crippen molar-refractivity contribution in [3.63, 3.8) is 0 Å². The van der Waals surface area contributed by atoms with Crippen molar-refractivity contribution in [1.29, 1.82) is 0 Å². The Morgan fingerprint density at radius 2 is 1.73 bits per heavy atom. The highest BCUT2D eigenvalue weighted by atomic mass is 16.5. The number of anilines is 1. The summed E-state index contributed by atoms with van der Waals surface area (Å²) in [5.41, 5.74) is 1.81. The third-order valence-electron chi connectivity index (χ3n) is 4.40. The third-order valence-corrected chi connectivity index (χ3v) is 4.40. The molecular weight excluding hydrogens is 386 g/mol. The molecule has 0 fully saturated rings. The maximum absolute atomic E-state index is 12.2. The summed E-state index contributed by atoms with van der Waals surface area (Å²) >= 11 is 0. The molecule has 1 aliphatic rings. The fraction of sp³-hybridized carbons (Fsp3) is 0.261. The van der Waals surface area contributed by atoms with Gasteiger partial charge in [0.05, 0.1) is 13.2 Å². The topological polar surface area (TPSA) is 90.9 Å². The molecule has 0 unspecified atom stereocenters. The van der Waals surface area contributed by atoms with Crippen LogP contribution in [0.3, 0.4) is 0 Å². The van der Waals surface area contributed by atoms with Gasteiger partial charge in [0.25, 0.3) is 5.91 Å². The Bertz CT molecular complexity index is 964. The van der Waals surface area contributed by atoms with Crippen LogP contribution in [0.1, 0.15) is 36.2 Å². The molecule has 1 heterocycles. The van der Waals surface area contributed by atoms with Crippen LogP contribution < -0.4 is 14.8 Å². The highest BCUT2D eigenvalue weighted by Crippen LogP contribution is 2.30. The Balaban J connectivity index is 1.54. The molecule has 0 aliphatic carbocycles. The summed E-state index contributed by atoms with van der Waals surface area (Å²) in [7, 11) is 0. The number of esters is 1. The number of ketones is 1. The molecule has 156 valence electrons. The van der Waals surface area contributed by atoms with Crippen LogP contribution in [-0.2, 0) is 14.3 Å². The monoisotopic (exact) mass is 409 g/mol. The number of hydrogen-bond acceptors (Lipinski definition) is 6. The second-order valence-electron chi connectivity index (χ2n) is 6.79. The van der Waals surface area contributed by atoms with E-state index in [9.17, 15) is 14.4 Å². The summed E-state index contributed by atoms with van der Waals surface area (Å²) in [6, 6.07) is 11.8. The summed E-state index contributed by atoms with van der Waals surface area (Å²) in [5, 5.41) is 2.65. The van der Waals surface area contributed by atoms with Crippen LogP contribution in [0.5, 0.6) is 11.5 Å². The van der Waals surface area contributed by atoms with E-state index >= 15 is 0 Å². The standard InChI is InChI=1S/C23H23NO6/c1-15(25)18-6-8-19(9-7-18)24-23(27)16(2)30-22(26)11-5-17-4-10-20-21(14-17)29-13-3-12-28-20/h4-11,14,16H,3,12-13H2,1-2H3,(H,24,27)/b11-5+/t16-/m0/s1. The fourth-order valence-electron chi connectivity index (χ4n) is 2.75. The molecule has 1 N–H and O–H groups in total.